The van der Waals surface area contributed by atoms with Crippen molar-refractivity contribution in [1.29, 1.82) is 0 Å². The average Bonchev–Trinajstić information content (AvgIpc) is 2.84. The van der Waals surface area contributed by atoms with Gasteiger partial charge in [0.15, 0.2) is 0 Å². The first-order chi connectivity index (χ1) is 15.7. The number of fused-ring (bicyclic) bond motifs is 1. The summed E-state index contributed by atoms with van der Waals surface area (Å²) in [5.41, 5.74) is 5.95. The van der Waals surface area contributed by atoms with Crippen molar-refractivity contribution in [3.8, 4) is 11.3 Å². The molecule has 0 spiro atoms. The number of aryl methyl sites for hydroxylation is 2. The first-order valence-electron chi connectivity index (χ1n) is 11.7. The van der Waals surface area contributed by atoms with E-state index in [9.17, 15) is 4.79 Å². The number of hydrogen-bond donors (Lipinski definition) is 1. The Hall–Kier alpha value is -3.21. The van der Waals surface area contributed by atoms with Gasteiger partial charge in [0.2, 0.25) is 5.91 Å². The molecule has 2 aromatic carbocycles. The minimum atomic E-state index is 0.0680. The average molecular weight is 427 g/mol. The molecule has 1 atom stereocenters. The SMILES string of the molecule is Cc1cccc(-c2cc(N3CCC(C(=O)NC4CCCc5ccccc54)CC3)ncn2)c1. The fourth-order valence-electron chi connectivity index (χ4n) is 5.05. The molecule has 1 unspecified atom stereocenters. The van der Waals surface area contributed by atoms with Gasteiger partial charge in [-0.15, -0.1) is 0 Å². The molecule has 1 amide bonds. The zero-order valence-electron chi connectivity index (χ0n) is 18.6. The Morgan fingerprint density at radius 2 is 1.84 bits per heavy atom. The third kappa shape index (κ3) is 4.38. The van der Waals surface area contributed by atoms with Crippen LogP contribution in [0.3, 0.4) is 0 Å². The molecule has 1 N–H and O–H groups in total. The van der Waals surface area contributed by atoms with E-state index >= 15 is 0 Å². The smallest absolute Gasteiger partial charge is 0.223 e. The fraction of sp³-hybridized carbons (Fsp3) is 0.370. The van der Waals surface area contributed by atoms with E-state index in [1.165, 1.54) is 16.7 Å². The summed E-state index contributed by atoms with van der Waals surface area (Å²) >= 11 is 0. The standard InChI is InChI=1S/C27H30N4O/c1-19-6-4-9-22(16-19)25-17-26(29-18-28-25)31-14-12-21(13-15-31)27(32)30-24-11-5-8-20-7-2-3-10-23(20)24/h2-4,6-7,9-10,16-18,21,24H,5,8,11-15H2,1H3,(H,30,32). The van der Waals surface area contributed by atoms with Gasteiger partial charge in [-0.25, -0.2) is 9.97 Å². The fourth-order valence-corrected chi connectivity index (χ4v) is 5.05. The Labute approximate surface area is 189 Å². The van der Waals surface area contributed by atoms with Gasteiger partial charge in [-0.1, -0.05) is 48.0 Å². The molecular formula is C27H30N4O. The lowest BCUT2D eigenvalue weighted by Crippen LogP contribution is -2.42. The van der Waals surface area contributed by atoms with Crippen molar-refractivity contribution >= 4 is 11.7 Å². The lowest BCUT2D eigenvalue weighted by Gasteiger charge is -2.34. The number of hydrogen-bond acceptors (Lipinski definition) is 4. The van der Waals surface area contributed by atoms with Gasteiger partial charge in [0.25, 0.3) is 0 Å². The molecule has 2 heterocycles. The van der Waals surface area contributed by atoms with Crippen LogP contribution in [0.15, 0.2) is 60.9 Å². The largest absolute Gasteiger partial charge is 0.356 e. The monoisotopic (exact) mass is 426 g/mol. The summed E-state index contributed by atoms with van der Waals surface area (Å²) in [7, 11) is 0. The summed E-state index contributed by atoms with van der Waals surface area (Å²) in [5, 5.41) is 3.35. The molecule has 3 aromatic rings. The number of anilines is 1. The summed E-state index contributed by atoms with van der Waals surface area (Å²) in [5.74, 6) is 1.21. The first kappa shape index (κ1) is 20.7. The predicted molar refractivity (Wildman–Crippen MR) is 127 cm³/mol. The summed E-state index contributed by atoms with van der Waals surface area (Å²) in [6.07, 6.45) is 6.63. The number of nitrogens with zero attached hydrogens (tertiary/aromatic N) is 3. The number of amides is 1. The molecule has 5 nitrogen and oxygen atoms in total. The second kappa shape index (κ2) is 9.11. The van der Waals surface area contributed by atoms with Gasteiger partial charge < -0.3 is 10.2 Å². The van der Waals surface area contributed by atoms with Crippen molar-refractivity contribution in [1.82, 2.24) is 15.3 Å². The van der Waals surface area contributed by atoms with E-state index in [1.807, 2.05) is 0 Å². The molecule has 0 bridgehead atoms. The van der Waals surface area contributed by atoms with Crippen LogP contribution in [0.2, 0.25) is 0 Å². The van der Waals surface area contributed by atoms with Gasteiger partial charge in [-0.05, 0) is 56.2 Å². The molecule has 5 heteroatoms. The van der Waals surface area contributed by atoms with E-state index < -0.39 is 0 Å². The number of aromatic nitrogens is 2. The van der Waals surface area contributed by atoms with Crippen molar-refractivity contribution in [2.45, 2.75) is 45.1 Å². The molecule has 0 radical (unpaired) electrons. The quantitative estimate of drug-likeness (QED) is 0.647. The highest BCUT2D eigenvalue weighted by Crippen LogP contribution is 2.31. The Morgan fingerprint density at radius 3 is 2.69 bits per heavy atom. The van der Waals surface area contributed by atoms with Crippen LogP contribution in [0.1, 0.15) is 48.4 Å². The topological polar surface area (TPSA) is 58.1 Å². The highest BCUT2D eigenvalue weighted by molar-refractivity contribution is 5.79. The van der Waals surface area contributed by atoms with Crippen LogP contribution in [-0.4, -0.2) is 29.0 Å². The van der Waals surface area contributed by atoms with Crippen LogP contribution >= 0.6 is 0 Å². The molecule has 32 heavy (non-hydrogen) atoms. The normalized spacial score (nSPS) is 18.8. The van der Waals surface area contributed by atoms with Gasteiger partial charge in [0, 0.05) is 30.6 Å². The molecule has 2 aliphatic rings. The summed E-state index contributed by atoms with van der Waals surface area (Å²) in [6, 6.07) is 19.1. The van der Waals surface area contributed by atoms with Crippen LogP contribution in [0.5, 0.6) is 0 Å². The zero-order chi connectivity index (χ0) is 21.9. The Kier molecular flexibility index (Phi) is 5.89. The van der Waals surface area contributed by atoms with Crippen molar-refractivity contribution in [2.75, 3.05) is 18.0 Å². The van der Waals surface area contributed by atoms with E-state index in [-0.39, 0.29) is 17.9 Å². The Morgan fingerprint density at radius 1 is 1.00 bits per heavy atom. The predicted octanol–water partition coefficient (Wildman–Crippen LogP) is 4.86. The summed E-state index contributed by atoms with van der Waals surface area (Å²) in [4.78, 5) is 24.3. The van der Waals surface area contributed by atoms with Gasteiger partial charge in [-0.3, -0.25) is 4.79 Å². The van der Waals surface area contributed by atoms with Crippen LogP contribution in [0.25, 0.3) is 11.3 Å². The van der Waals surface area contributed by atoms with Crippen molar-refractivity contribution in [3.05, 3.63) is 77.6 Å². The van der Waals surface area contributed by atoms with Crippen LogP contribution in [0, 0.1) is 12.8 Å². The Balaban J connectivity index is 1.21. The van der Waals surface area contributed by atoms with E-state index in [0.29, 0.717) is 0 Å². The maximum absolute atomic E-state index is 13.0. The lowest BCUT2D eigenvalue weighted by atomic mass is 9.87. The molecule has 1 aliphatic carbocycles. The van der Waals surface area contributed by atoms with Crippen molar-refractivity contribution < 1.29 is 4.79 Å². The number of carbonyl (C=O) groups is 1. The molecule has 1 aromatic heterocycles. The van der Waals surface area contributed by atoms with E-state index in [4.69, 9.17) is 0 Å². The summed E-state index contributed by atoms with van der Waals surface area (Å²) in [6.45, 7) is 3.76. The van der Waals surface area contributed by atoms with Crippen molar-refractivity contribution in [3.63, 3.8) is 0 Å². The molecule has 1 fully saturated rings. The van der Waals surface area contributed by atoms with Gasteiger partial charge >= 0.3 is 0 Å². The van der Waals surface area contributed by atoms with Crippen LogP contribution < -0.4 is 10.2 Å². The molecule has 1 saturated heterocycles. The highest BCUT2D eigenvalue weighted by atomic mass is 16.1. The van der Waals surface area contributed by atoms with E-state index in [0.717, 1.165) is 62.3 Å². The molecule has 5 rings (SSSR count). The van der Waals surface area contributed by atoms with Crippen molar-refractivity contribution in [2.24, 2.45) is 5.92 Å². The molecule has 164 valence electrons. The first-order valence-corrected chi connectivity index (χ1v) is 11.7. The van der Waals surface area contributed by atoms with E-state index in [1.54, 1.807) is 6.33 Å². The van der Waals surface area contributed by atoms with Gasteiger partial charge in [0.1, 0.15) is 12.1 Å². The zero-order valence-corrected chi connectivity index (χ0v) is 18.6. The van der Waals surface area contributed by atoms with Gasteiger partial charge in [-0.2, -0.15) is 0 Å². The summed E-state index contributed by atoms with van der Waals surface area (Å²) < 4.78 is 0. The molecule has 0 saturated carbocycles. The lowest BCUT2D eigenvalue weighted by molar-refractivity contribution is -0.126. The van der Waals surface area contributed by atoms with Gasteiger partial charge in [0.05, 0.1) is 11.7 Å². The Bertz CT molecular complexity index is 1100. The molecular weight excluding hydrogens is 396 g/mol. The highest BCUT2D eigenvalue weighted by Gasteiger charge is 2.29. The number of carbonyl (C=O) groups excluding carboxylic acids is 1. The maximum atomic E-state index is 13.0. The number of rotatable bonds is 4. The minimum Gasteiger partial charge on any atom is -0.356 e. The number of nitrogens with one attached hydrogen (secondary N) is 1. The third-order valence-corrected chi connectivity index (χ3v) is 6.84. The maximum Gasteiger partial charge on any atom is 0.223 e. The van der Waals surface area contributed by atoms with E-state index in [2.05, 4.69) is 81.7 Å². The minimum absolute atomic E-state index is 0.0680. The van der Waals surface area contributed by atoms with Crippen LogP contribution in [-0.2, 0) is 11.2 Å². The third-order valence-electron chi connectivity index (χ3n) is 6.84. The number of piperidine rings is 1. The van der Waals surface area contributed by atoms with Crippen LogP contribution in [0.4, 0.5) is 5.82 Å². The number of benzene rings is 2. The molecule has 1 aliphatic heterocycles. The second-order valence-corrected chi connectivity index (χ2v) is 9.04. The second-order valence-electron chi connectivity index (χ2n) is 9.04.